The largest absolute Gasteiger partial charge is 0.434 e. The summed E-state index contributed by atoms with van der Waals surface area (Å²) in [5, 5.41) is 0. The lowest BCUT2D eigenvalue weighted by Crippen LogP contribution is -2.34. The summed E-state index contributed by atoms with van der Waals surface area (Å²) in [4.78, 5) is 15.7. The van der Waals surface area contributed by atoms with Gasteiger partial charge in [0.1, 0.15) is 11.6 Å². The number of benzene rings is 1. The average Bonchev–Trinajstić information content (AvgIpc) is 3.49. The molecule has 0 atom stereocenters. The minimum atomic E-state index is -4.51. The summed E-state index contributed by atoms with van der Waals surface area (Å²) in [7, 11) is 1.52. The van der Waals surface area contributed by atoms with E-state index in [0.717, 1.165) is 53.4 Å². The molecule has 4 heterocycles. The number of fused-ring (bicyclic) bond motifs is 1. The van der Waals surface area contributed by atoms with Crippen molar-refractivity contribution in [3.63, 3.8) is 0 Å². The number of methoxy groups -OCH3 is 1. The molecule has 10 heteroatoms. The van der Waals surface area contributed by atoms with Crippen LogP contribution in [0.2, 0.25) is 0 Å². The highest BCUT2D eigenvalue weighted by Gasteiger charge is 2.35. The number of anilines is 1. The topological polar surface area (TPSA) is 61.0 Å². The number of nitrogens with zero attached hydrogens (tertiary/aromatic N) is 6. The Hall–Kier alpha value is -3.66. The van der Waals surface area contributed by atoms with Crippen LogP contribution in [-0.2, 0) is 30.5 Å². The number of hydrogen-bond acceptors (Lipinski definition) is 5. The van der Waals surface area contributed by atoms with Gasteiger partial charge >= 0.3 is 6.18 Å². The van der Waals surface area contributed by atoms with Crippen LogP contribution in [-0.4, -0.2) is 44.3 Å². The number of imidazole rings is 2. The molecule has 1 aliphatic heterocycles. The number of hydrogen-bond donors (Lipinski definition) is 0. The van der Waals surface area contributed by atoms with E-state index in [0.29, 0.717) is 12.1 Å². The lowest BCUT2D eigenvalue weighted by molar-refractivity contribution is -0.140. The van der Waals surface area contributed by atoms with Crippen molar-refractivity contribution >= 4 is 5.69 Å². The van der Waals surface area contributed by atoms with Gasteiger partial charge in [0.15, 0.2) is 5.69 Å². The second-order valence-corrected chi connectivity index (χ2v) is 9.80. The number of pyridine rings is 1. The van der Waals surface area contributed by atoms with E-state index in [9.17, 15) is 13.2 Å². The first-order valence-corrected chi connectivity index (χ1v) is 12.7. The fourth-order valence-electron chi connectivity index (χ4n) is 5.03. The number of halogens is 3. The summed E-state index contributed by atoms with van der Waals surface area (Å²) in [6, 6.07) is 11.6. The maximum absolute atomic E-state index is 13.3. The average molecular weight is 525 g/mol. The fraction of sp³-hybridized carbons (Fsp3) is 0.393. The van der Waals surface area contributed by atoms with Crippen molar-refractivity contribution in [2.75, 3.05) is 25.2 Å². The van der Waals surface area contributed by atoms with E-state index < -0.39 is 11.9 Å². The van der Waals surface area contributed by atoms with E-state index >= 15 is 0 Å². The Kier molecular flexibility index (Phi) is 7.00. The van der Waals surface area contributed by atoms with E-state index in [-0.39, 0.29) is 24.9 Å². The highest BCUT2D eigenvalue weighted by molar-refractivity contribution is 5.67. The summed E-state index contributed by atoms with van der Waals surface area (Å²) < 4.78 is 48.9. The van der Waals surface area contributed by atoms with Gasteiger partial charge in [0.25, 0.3) is 0 Å². The molecule has 0 unspecified atom stereocenters. The van der Waals surface area contributed by atoms with Gasteiger partial charge in [0, 0.05) is 56.0 Å². The molecule has 200 valence electrons. The molecule has 7 nitrogen and oxygen atoms in total. The second kappa shape index (κ2) is 10.2. The Morgan fingerprint density at radius 1 is 1.05 bits per heavy atom. The predicted molar refractivity (Wildman–Crippen MR) is 140 cm³/mol. The number of ether oxygens (including phenoxy) is 1. The zero-order chi connectivity index (χ0) is 27.0. The van der Waals surface area contributed by atoms with E-state index in [4.69, 9.17) is 9.72 Å². The third-order valence-corrected chi connectivity index (χ3v) is 6.93. The molecule has 0 amide bonds. The summed E-state index contributed by atoms with van der Waals surface area (Å²) in [6.07, 6.45) is -1.65. The maximum atomic E-state index is 13.3. The van der Waals surface area contributed by atoms with Crippen molar-refractivity contribution in [1.29, 1.82) is 0 Å². The Morgan fingerprint density at radius 3 is 2.50 bits per heavy atom. The molecule has 3 aromatic heterocycles. The van der Waals surface area contributed by atoms with Crippen LogP contribution in [0.5, 0.6) is 0 Å². The highest BCUT2D eigenvalue weighted by atomic mass is 19.4. The number of aryl methyl sites for hydroxylation is 1. The summed E-state index contributed by atoms with van der Waals surface area (Å²) in [5.74, 6) is 1.52. The van der Waals surface area contributed by atoms with Crippen molar-refractivity contribution in [1.82, 2.24) is 24.1 Å². The van der Waals surface area contributed by atoms with Gasteiger partial charge in [-0.2, -0.15) is 13.2 Å². The summed E-state index contributed by atoms with van der Waals surface area (Å²) in [5.41, 5.74) is 4.88. The normalized spacial score (nSPS) is 13.8. The van der Waals surface area contributed by atoms with Crippen molar-refractivity contribution in [2.45, 2.75) is 52.5 Å². The van der Waals surface area contributed by atoms with Crippen LogP contribution >= 0.6 is 0 Å². The van der Waals surface area contributed by atoms with Gasteiger partial charge in [-0.1, -0.05) is 13.8 Å². The highest BCUT2D eigenvalue weighted by Crippen LogP contribution is 2.35. The Bertz CT molecular complexity index is 1420. The van der Waals surface area contributed by atoms with E-state index in [2.05, 4.69) is 39.3 Å². The quantitative estimate of drug-likeness (QED) is 0.300. The van der Waals surface area contributed by atoms with Crippen molar-refractivity contribution in [2.24, 2.45) is 0 Å². The first kappa shape index (κ1) is 26.0. The van der Waals surface area contributed by atoms with Gasteiger partial charge in [0.2, 0.25) is 0 Å². The minimum absolute atomic E-state index is 0.269. The van der Waals surface area contributed by atoms with Gasteiger partial charge in [-0.25, -0.2) is 9.97 Å². The molecule has 1 aliphatic rings. The predicted octanol–water partition coefficient (Wildman–Crippen LogP) is 5.93. The molecule has 0 saturated carbocycles. The van der Waals surface area contributed by atoms with Gasteiger partial charge in [0.05, 0.1) is 30.2 Å². The molecule has 0 radical (unpaired) electrons. The lowest BCUT2D eigenvalue weighted by atomic mass is 10.00. The molecular weight excluding hydrogens is 493 g/mol. The van der Waals surface area contributed by atoms with Gasteiger partial charge in [-0.3, -0.25) is 4.98 Å². The molecule has 1 aromatic carbocycles. The van der Waals surface area contributed by atoms with Crippen molar-refractivity contribution in [3.05, 3.63) is 71.7 Å². The van der Waals surface area contributed by atoms with Crippen LogP contribution in [0.1, 0.15) is 42.7 Å². The molecular formula is C28H31F3N6O. The van der Waals surface area contributed by atoms with Crippen molar-refractivity contribution < 1.29 is 17.9 Å². The third kappa shape index (κ3) is 4.92. The van der Waals surface area contributed by atoms with Crippen LogP contribution in [0.4, 0.5) is 18.9 Å². The first-order chi connectivity index (χ1) is 18.2. The van der Waals surface area contributed by atoms with Crippen LogP contribution in [0.3, 0.4) is 0 Å². The monoisotopic (exact) mass is 524 g/mol. The molecule has 0 bridgehead atoms. The number of aromatic nitrogens is 5. The molecule has 0 fully saturated rings. The summed E-state index contributed by atoms with van der Waals surface area (Å²) >= 11 is 0. The zero-order valence-corrected chi connectivity index (χ0v) is 22.0. The Morgan fingerprint density at radius 2 is 1.82 bits per heavy atom. The first-order valence-electron chi connectivity index (χ1n) is 12.7. The molecule has 0 saturated heterocycles. The maximum Gasteiger partial charge on any atom is 0.434 e. The lowest BCUT2D eigenvalue weighted by Gasteiger charge is -2.31. The minimum Gasteiger partial charge on any atom is -0.383 e. The molecule has 0 spiro atoms. The van der Waals surface area contributed by atoms with Gasteiger partial charge in [-0.05, 0) is 49.2 Å². The zero-order valence-electron chi connectivity index (χ0n) is 22.0. The Balaban J connectivity index is 1.44. The SMILES string of the molecule is COCCn1cc(C(F)(F)F)nc1-c1ccc(N2CCn3c(C)nc(-c4cccnc4C(C)C)c3C2)cc1. The van der Waals surface area contributed by atoms with Crippen LogP contribution in [0.25, 0.3) is 22.6 Å². The Labute approximate surface area is 219 Å². The smallest absolute Gasteiger partial charge is 0.383 e. The van der Waals surface area contributed by atoms with E-state index in [1.807, 2.05) is 43.5 Å². The van der Waals surface area contributed by atoms with Gasteiger partial charge < -0.3 is 18.8 Å². The van der Waals surface area contributed by atoms with Crippen LogP contribution in [0.15, 0.2) is 48.8 Å². The molecule has 5 rings (SSSR count). The molecule has 4 aromatic rings. The number of rotatable bonds is 7. The van der Waals surface area contributed by atoms with Crippen LogP contribution in [0, 0.1) is 6.92 Å². The van der Waals surface area contributed by atoms with E-state index in [1.165, 1.54) is 11.7 Å². The van der Waals surface area contributed by atoms with E-state index in [1.54, 1.807) is 0 Å². The van der Waals surface area contributed by atoms with Crippen LogP contribution < -0.4 is 4.90 Å². The summed E-state index contributed by atoms with van der Waals surface area (Å²) in [6.45, 7) is 9.13. The van der Waals surface area contributed by atoms with Gasteiger partial charge in [-0.15, -0.1) is 0 Å². The molecule has 38 heavy (non-hydrogen) atoms. The standard InChI is InChI=1S/C28H31F3N6O/c1-18(2)25-22(6-5-11-32-25)26-23-16-35(12-13-37(23)19(3)33-26)21-9-7-20(8-10-21)27-34-24(28(29,30)31)17-36(27)14-15-38-4/h5-11,17-18H,12-16H2,1-4H3. The van der Waals surface area contributed by atoms with Crippen molar-refractivity contribution in [3.8, 4) is 22.6 Å². The second-order valence-electron chi connectivity index (χ2n) is 9.80. The fourth-order valence-corrected chi connectivity index (χ4v) is 5.03. The molecule has 0 aliphatic carbocycles. The third-order valence-electron chi connectivity index (χ3n) is 6.93. The molecule has 0 N–H and O–H groups in total. The number of alkyl halides is 3.